The van der Waals surface area contributed by atoms with Crippen molar-refractivity contribution >= 4 is 17.4 Å². The van der Waals surface area contributed by atoms with Crippen molar-refractivity contribution in [3.8, 4) is 0 Å². The Morgan fingerprint density at radius 3 is 2.63 bits per heavy atom. The minimum Gasteiger partial charge on any atom is -0.397 e. The van der Waals surface area contributed by atoms with E-state index in [1.165, 1.54) is 0 Å². The zero-order valence-corrected chi connectivity index (χ0v) is 11.5. The summed E-state index contributed by atoms with van der Waals surface area (Å²) in [6.07, 6.45) is 3.16. The Labute approximate surface area is 113 Å². The Hall–Kier alpha value is -1.62. The van der Waals surface area contributed by atoms with Crippen LogP contribution in [-0.2, 0) is 9.53 Å². The second-order valence-electron chi connectivity index (χ2n) is 5.14. The first-order chi connectivity index (χ1) is 9.09. The van der Waals surface area contributed by atoms with Crippen LogP contribution in [-0.4, -0.2) is 30.1 Å². The molecule has 0 atom stereocenters. The van der Waals surface area contributed by atoms with Gasteiger partial charge in [0, 0.05) is 25.2 Å². The highest BCUT2D eigenvalue weighted by Crippen LogP contribution is 2.23. The highest BCUT2D eigenvalue weighted by molar-refractivity contribution is 5.94. The number of pyridine rings is 1. The molecule has 0 unspecified atom stereocenters. The van der Waals surface area contributed by atoms with E-state index in [2.05, 4.69) is 4.98 Å². The van der Waals surface area contributed by atoms with Gasteiger partial charge in [0.15, 0.2) is 0 Å². The molecule has 5 heteroatoms. The number of nitrogens with zero attached hydrogens (tertiary/aromatic N) is 2. The molecule has 1 aliphatic heterocycles. The molecule has 5 nitrogen and oxygen atoms in total. The topological polar surface area (TPSA) is 68.5 Å². The van der Waals surface area contributed by atoms with Gasteiger partial charge in [-0.3, -0.25) is 9.69 Å². The van der Waals surface area contributed by atoms with Gasteiger partial charge in [-0.2, -0.15) is 0 Å². The highest BCUT2D eigenvalue weighted by Gasteiger charge is 2.29. The van der Waals surface area contributed by atoms with Gasteiger partial charge in [-0.15, -0.1) is 0 Å². The molecule has 2 heterocycles. The molecule has 1 saturated heterocycles. The molecule has 0 radical (unpaired) electrons. The minimum atomic E-state index is 0.0375. The van der Waals surface area contributed by atoms with Crippen molar-refractivity contribution in [2.45, 2.75) is 32.7 Å². The summed E-state index contributed by atoms with van der Waals surface area (Å²) >= 11 is 0. The lowest BCUT2D eigenvalue weighted by Crippen LogP contribution is -2.43. The van der Waals surface area contributed by atoms with Gasteiger partial charge in [0.05, 0.1) is 11.9 Å². The number of nitrogens with two attached hydrogens (primary N) is 1. The molecule has 0 bridgehead atoms. The third-order valence-corrected chi connectivity index (χ3v) is 3.34. The molecule has 104 valence electrons. The molecule has 1 fully saturated rings. The molecule has 1 aromatic rings. The van der Waals surface area contributed by atoms with E-state index < -0.39 is 0 Å². The van der Waals surface area contributed by atoms with Crippen LogP contribution in [0, 0.1) is 5.92 Å². The zero-order chi connectivity index (χ0) is 13.8. The monoisotopic (exact) mass is 263 g/mol. The van der Waals surface area contributed by atoms with E-state index in [1.54, 1.807) is 23.2 Å². The fourth-order valence-corrected chi connectivity index (χ4v) is 2.31. The predicted octanol–water partition coefficient (Wildman–Crippen LogP) is 1.83. The lowest BCUT2D eigenvalue weighted by atomic mass is 9.98. The highest BCUT2D eigenvalue weighted by atomic mass is 16.5. The number of hydrogen-bond acceptors (Lipinski definition) is 4. The summed E-state index contributed by atoms with van der Waals surface area (Å²) in [5.74, 6) is 0.840. The van der Waals surface area contributed by atoms with Gasteiger partial charge in [0.25, 0.3) is 0 Å². The second-order valence-corrected chi connectivity index (χ2v) is 5.14. The summed E-state index contributed by atoms with van der Waals surface area (Å²) in [6.45, 7) is 5.32. The van der Waals surface area contributed by atoms with E-state index in [1.807, 2.05) is 13.8 Å². The van der Waals surface area contributed by atoms with E-state index in [-0.39, 0.29) is 17.9 Å². The molecule has 0 aliphatic carbocycles. The van der Waals surface area contributed by atoms with Crippen LogP contribution < -0.4 is 10.6 Å². The predicted molar refractivity (Wildman–Crippen MR) is 74.8 cm³/mol. The van der Waals surface area contributed by atoms with Gasteiger partial charge in [-0.25, -0.2) is 4.98 Å². The van der Waals surface area contributed by atoms with Gasteiger partial charge in [0.1, 0.15) is 5.82 Å². The third-order valence-electron chi connectivity index (χ3n) is 3.34. The Morgan fingerprint density at radius 2 is 2.11 bits per heavy atom. The fourth-order valence-electron chi connectivity index (χ4n) is 2.31. The molecule has 1 aliphatic rings. The van der Waals surface area contributed by atoms with Crippen molar-refractivity contribution < 1.29 is 9.53 Å². The first-order valence-corrected chi connectivity index (χ1v) is 6.72. The van der Waals surface area contributed by atoms with Crippen molar-refractivity contribution in [3.05, 3.63) is 18.3 Å². The van der Waals surface area contributed by atoms with Gasteiger partial charge in [-0.1, -0.05) is 0 Å². The van der Waals surface area contributed by atoms with Crippen LogP contribution in [0.25, 0.3) is 0 Å². The Kier molecular flexibility index (Phi) is 4.37. The number of amides is 1. The van der Waals surface area contributed by atoms with Gasteiger partial charge >= 0.3 is 0 Å². The molecular formula is C14H21N3O2. The van der Waals surface area contributed by atoms with Crippen LogP contribution in [0.3, 0.4) is 0 Å². The fraction of sp³-hybridized carbons (Fsp3) is 0.571. The summed E-state index contributed by atoms with van der Waals surface area (Å²) < 4.78 is 5.31. The minimum absolute atomic E-state index is 0.0375. The van der Waals surface area contributed by atoms with Crippen LogP contribution in [0.2, 0.25) is 0 Å². The van der Waals surface area contributed by atoms with Crippen molar-refractivity contribution in [1.82, 2.24) is 4.98 Å². The van der Waals surface area contributed by atoms with Crippen LogP contribution in [0.1, 0.15) is 26.7 Å². The third kappa shape index (κ3) is 3.23. The summed E-state index contributed by atoms with van der Waals surface area (Å²) in [6, 6.07) is 3.65. The maximum atomic E-state index is 12.6. The lowest BCUT2D eigenvalue weighted by Gasteiger charge is -2.31. The van der Waals surface area contributed by atoms with Gasteiger partial charge in [0.2, 0.25) is 5.91 Å². The van der Waals surface area contributed by atoms with Gasteiger partial charge < -0.3 is 10.5 Å². The number of hydrogen-bond donors (Lipinski definition) is 1. The summed E-state index contributed by atoms with van der Waals surface area (Å²) in [4.78, 5) is 18.6. The molecule has 0 saturated carbocycles. The van der Waals surface area contributed by atoms with Crippen LogP contribution in [0.5, 0.6) is 0 Å². The number of anilines is 2. The van der Waals surface area contributed by atoms with E-state index >= 15 is 0 Å². The maximum Gasteiger partial charge on any atom is 0.231 e. The second kappa shape index (κ2) is 6.02. The SMILES string of the molecule is CC(C)N(C(=O)C1CCOCC1)c1ccc(N)cn1. The molecule has 0 spiro atoms. The van der Waals surface area contributed by atoms with E-state index in [9.17, 15) is 4.79 Å². The van der Waals surface area contributed by atoms with Crippen LogP contribution in [0.4, 0.5) is 11.5 Å². The van der Waals surface area contributed by atoms with Crippen LogP contribution in [0.15, 0.2) is 18.3 Å². The number of carbonyl (C=O) groups excluding carboxylic acids is 1. The van der Waals surface area contributed by atoms with E-state index in [0.29, 0.717) is 24.7 Å². The summed E-state index contributed by atoms with van der Waals surface area (Å²) in [5, 5.41) is 0. The molecule has 19 heavy (non-hydrogen) atoms. The molecule has 1 aromatic heterocycles. The zero-order valence-electron chi connectivity index (χ0n) is 11.5. The standard InChI is InChI=1S/C14H21N3O2/c1-10(2)17(13-4-3-12(15)9-16-13)14(18)11-5-7-19-8-6-11/h3-4,9-11H,5-8,15H2,1-2H3. The maximum absolute atomic E-state index is 12.6. The normalized spacial score (nSPS) is 16.6. The van der Waals surface area contributed by atoms with Gasteiger partial charge in [-0.05, 0) is 38.8 Å². The Balaban J connectivity index is 2.19. The average molecular weight is 263 g/mol. The number of carbonyl (C=O) groups is 1. The molecule has 1 amide bonds. The Bertz CT molecular complexity index is 425. The van der Waals surface area contributed by atoms with Crippen molar-refractivity contribution in [2.75, 3.05) is 23.8 Å². The first kappa shape index (κ1) is 13.8. The summed E-state index contributed by atoms with van der Waals surface area (Å²) in [5.41, 5.74) is 6.24. The molecular weight excluding hydrogens is 242 g/mol. The molecule has 2 N–H and O–H groups in total. The molecule has 0 aromatic carbocycles. The van der Waals surface area contributed by atoms with E-state index in [0.717, 1.165) is 12.8 Å². The number of rotatable bonds is 3. The van der Waals surface area contributed by atoms with E-state index in [4.69, 9.17) is 10.5 Å². The Morgan fingerprint density at radius 1 is 1.42 bits per heavy atom. The largest absolute Gasteiger partial charge is 0.397 e. The number of nitrogen functional groups attached to an aromatic ring is 1. The number of ether oxygens (including phenoxy) is 1. The lowest BCUT2D eigenvalue weighted by molar-refractivity contribution is -0.125. The molecule has 2 rings (SSSR count). The van der Waals surface area contributed by atoms with Crippen molar-refractivity contribution in [2.24, 2.45) is 5.92 Å². The number of aromatic nitrogens is 1. The van der Waals surface area contributed by atoms with Crippen molar-refractivity contribution in [3.63, 3.8) is 0 Å². The van der Waals surface area contributed by atoms with Crippen LogP contribution >= 0.6 is 0 Å². The summed E-state index contributed by atoms with van der Waals surface area (Å²) in [7, 11) is 0. The quantitative estimate of drug-likeness (QED) is 0.903. The smallest absolute Gasteiger partial charge is 0.231 e. The first-order valence-electron chi connectivity index (χ1n) is 6.72. The average Bonchev–Trinajstić information content (AvgIpc) is 2.42. The van der Waals surface area contributed by atoms with Crippen molar-refractivity contribution in [1.29, 1.82) is 0 Å².